The summed E-state index contributed by atoms with van der Waals surface area (Å²) in [5.74, 6) is 1.20. The minimum Gasteiger partial charge on any atom is -0.354 e. The van der Waals surface area contributed by atoms with E-state index in [-0.39, 0.29) is 0 Å². The normalized spacial score (nSPS) is 11.3. The Balaban J connectivity index is 2.98. The minimum atomic E-state index is 0.474. The van der Waals surface area contributed by atoms with Crippen LogP contribution in [0.2, 0.25) is 0 Å². The molecule has 0 aliphatic rings. The average molecular weight is 252 g/mol. The van der Waals surface area contributed by atoms with Crippen LogP contribution in [0.4, 0.5) is 5.82 Å². The molecule has 4 heteroatoms. The highest BCUT2D eigenvalue weighted by Gasteiger charge is 2.20. The highest BCUT2D eigenvalue weighted by atomic mass is 15.4. The Kier molecular flexibility index (Phi) is 5.66. The molecule has 0 spiro atoms. The van der Waals surface area contributed by atoms with E-state index in [0.29, 0.717) is 12.6 Å². The van der Waals surface area contributed by atoms with Gasteiger partial charge in [0.05, 0.1) is 5.69 Å². The molecule has 104 valence electrons. The number of hydrogen-bond donors (Lipinski definition) is 1. The first-order valence-electron chi connectivity index (χ1n) is 7.02. The Morgan fingerprint density at radius 3 is 2.50 bits per heavy atom. The molecule has 4 nitrogen and oxygen atoms in total. The summed E-state index contributed by atoms with van der Waals surface area (Å²) in [6, 6.07) is 0.474. The van der Waals surface area contributed by atoms with Crippen molar-refractivity contribution in [3.8, 4) is 0 Å². The van der Waals surface area contributed by atoms with Gasteiger partial charge in [0.1, 0.15) is 5.82 Å². The van der Waals surface area contributed by atoms with Gasteiger partial charge in [-0.05, 0) is 27.2 Å². The summed E-state index contributed by atoms with van der Waals surface area (Å²) >= 11 is 0. The zero-order chi connectivity index (χ0) is 13.7. The lowest BCUT2D eigenvalue weighted by atomic mass is 10.1. The number of aromatic nitrogens is 2. The van der Waals surface area contributed by atoms with E-state index >= 15 is 0 Å². The van der Waals surface area contributed by atoms with Crippen LogP contribution in [0.5, 0.6) is 0 Å². The second-order valence-corrected chi connectivity index (χ2v) is 5.21. The van der Waals surface area contributed by atoms with Gasteiger partial charge >= 0.3 is 0 Å². The molecule has 1 heterocycles. The third-order valence-corrected chi connectivity index (χ3v) is 3.42. The summed E-state index contributed by atoms with van der Waals surface area (Å²) in [5, 5.41) is 4.51. The second kappa shape index (κ2) is 6.78. The van der Waals surface area contributed by atoms with Crippen LogP contribution in [0.1, 0.15) is 51.3 Å². The van der Waals surface area contributed by atoms with Gasteiger partial charge in [0.25, 0.3) is 0 Å². The molecule has 0 saturated heterocycles. The summed E-state index contributed by atoms with van der Waals surface area (Å²) < 4.78 is 1.98. The Labute approximate surface area is 111 Å². The molecule has 18 heavy (non-hydrogen) atoms. The van der Waals surface area contributed by atoms with Gasteiger partial charge in [-0.2, -0.15) is 5.10 Å². The predicted octanol–water partition coefficient (Wildman–Crippen LogP) is 2.59. The van der Waals surface area contributed by atoms with Crippen LogP contribution in [0.25, 0.3) is 0 Å². The molecular weight excluding hydrogens is 224 g/mol. The zero-order valence-corrected chi connectivity index (χ0v) is 12.5. The zero-order valence-electron chi connectivity index (χ0n) is 12.5. The molecule has 0 radical (unpaired) electrons. The predicted molar refractivity (Wildman–Crippen MR) is 77.8 cm³/mol. The van der Waals surface area contributed by atoms with Crippen molar-refractivity contribution in [2.45, 2.75) is 59.5 Å². The highest BCUT2D eigenvalue weighted by molar-refractivity contribution is 5.50. The van der Waals surface area contributed by atoms with Crippen LogP contribution in [0.15, 0.2) is 0 Å². The smallest absolute Gasteiger partial charge is 0.131 e. The Morgan fingerprint density at radius 1 is 1.33 bits per heavy atom. The van der Waals surface area contributed by atoms with Gasteiger partial charge < -0.3 is 10.6 Å². The maximum atomic E-state index is 5.88. The lowest BCUT2D eigenvalue weighted by Gasteiger charge is -2.30. The van der Waals surface area contributed by atoms with Gasteiger partial charge in [0.15, 0.2) is 0 Å². The van der Waals surface area contributed by atoms with Gasteiger partial charge in [0.2, 0.25) is 0 Å². The number of rotatable bonds is 7. The molecule has 0 aromatic carbocycles. The quantitative estimate of drug-likeness (QED) is 0.759. The van der Waals surface area contributed by atoms with E-state index in [9.17, 15) is 0 Å². The summed E-state index contributed by atoms with van der Waals surface area (Å²) in [4.78, 5) is 2.43. The maximum absolute atomic E-state index is 5.88. The molecule has 0 saturated carbocycles. The van der Waals surface area contributed by atoms with E-state index in [2.05, 4.69) is 30.8 Å². The first-order chi connectivity index (χ1) is 8.52. The number of nitrogens with zero attached hydrogens (tertiary/aromatic N) is 3. The van der Waals surface area contributed by atoms with Gasteiger partial charge in [0, 0.05) is 31.7 Å². The van der Waals surface area contributed by atoms with Crippen LogP contribution in [0.3, 0.4) is 0 Å². The van der Waals surface area contributed by atoms with Crippen LogP contribution in [-0.4, -0.2) is 22.4 Å². The van der Waals surface area contributed by atoms with Crippen LogP contribution < -0.4 is 10.6 Å². The summed E-state index contributed by atoms with van der Waals surface area (Å²) in [7, 11) is 2.01. The molecule has 1 rings (SSSR count). The molecule has 0 fully saturated rings. The van der Waals surface area contributed by atoms with Crippen molar-refractivity contribution >= 4 is 5.82 Å². The van der Waals surface area contributed by atoms with Gasteiger partial charge in [-0.1, -0.05) is 19.8 Å². The fourth-order valence-corrected chi connectivity index (χ4v) is 2.43. The SMILES string of the molecule is CCCCCN(c1c(CN)c(C)nn1C)C(C)C. The number of unbranched alkanes of at least 4 members (excludes halogenated alkanes) is 2. The van der Waals surface area contributed by atoms with Crippen LogP contribution >= 0.6 is 0 Å². The van der Waals surface area contributed by atoms with Gasteiger partial charge in [-0.15, -0.1) is 0 Å². The van der Waals surface area contributed by atoms with Crippen molar-refractivity contribution in [3.63, 3.8) is 0 Å². The Bertz CT molecular complexity index is 368. The molecule has 2 N–H and O–H groups in total. The lowest BCUT2D eigenvalue weighted by molar-refractivity contribution is 0.597. The molecule has 0 atom stereocenters. The standard InChI is InChI=1S/C14H28N4/c1-6-7-8-9-18(11(2)3)14-13(10-15)12(4)16-17(14)5/h11H,6-10,15H2,1-5H3. The third-order valence-electron chi connectivity index (χ3n) is 3.42. The van der Waals surface area contributed by atoms with Crippen molar-refractivity contribution in [2.75, 3.05) is 11.4 Å². The van der Waals surface area contributed by atoms with E-state index < -0.39 is 0 Å². The number of aryl methyl sites for hydroxylation is 2. The van der Waals surface area contributed by atoms with E-state index in [4.69, 9.17) is 5.73 Å². The molecular formula is C14H28N4. The van der Waals surface area contributed by atoms with Gasteiger partial charge in [-0.3, -0.25) is 4.68 Å². The fourth-order valence-electron chi connectivity index (χ4n) is 2.43. The summed E-state index contributed by atoms with van der Waals surface area (Å²) in [5.41, 5.74) is 8.11. The average Bonchev–Trinajstić information content (AvgIpc) is 2.59. The van der Waals surface area contributed by atoms with E-state index in [1.807, 2.05) is 18.7 Å². The highest BCUT2D eigenvalue weighted by Crippen LogP contribution is 2.25. The molecule has 1 aromatic rings. The number of anilines is 1. The number of hydrogen-bond acceptors (Lipinski definition) is 3. The first kappa shape index (κ1) is 15.0. The third kappa shape index (κ3) is 3.25. The van der Waals surface area contributed by atoms with Crippen molar-refractivity contribution in [1.29, 1.82) is 0 Å². The molecule has 0 unspecified atom stereocenters. The van der Waals surface area contributed by atoms with Crippen LogP contribution in [-0.2, 0) is 13.6 Å². The molecule has 0 amide bonds. The molecule has 1 aromatic heterocycles. The van der Waals surface area contributed by atoms with Crippen LogP contribution in [0, 0.1) is 6.92 Å². The van der Waals surface area contributed by atoms with E-state index in [0.717, 1.165) is 12.2 Å². The van der Waals surface area contributed by atoms with Crippen molar-refractivity contribution in [3.05, 3.63) is 11.3 Å². The van der Waals surface area contributed by atoms with Crippen molar-refractivity contribution in [2.24, 2.45) is 12.8 Å². The minimum absolute atomic E-state index is 0.474. The fraction of sp³-hybridized carbons (Fsp3) is 0.786. The summed E-state index contributed by atoms with van der Waals surface area (Å²) in [6.07, 6.45) is 3.75. The van der Waals surface area contributed by atoms with E-state index in [1.165, 1.54) is 30.6 Å². The molecule has 0 aliphatic carbocycles. The van der Waals surface area contributed by atoms with Gasteiger partial charge in [-0.25, -0.2) is 0 Å². The monoisotopic (exact) mass is 252 g/mol. The molecule has 0 bridgehead atoms. The first-order valence-corrected chi connectivity index (χ1v) is 7.02. The maximum Gasteiger partial charge on any atom is 0.131 e. The van der Waals surface area contributed by atoms with E-state index in [1.54, 1.807) is 0 Å². The Morgan fingerprint density at radius 2 is 2.00 bits per heavy atom. The second-order valence-electron chi connectivity index (χ2n) is 5.21. The largest absolute Gasteiger partial charge is 0.354 e. The summed E-state index contributed by atoms with van der Waals surface area (Å²) in [6.45, 7) is 10.4. The topological polar surface area (TPSA) is 47.1 Å². The number of nitrogens with two attached hydrogens (primary N) is 1. The Hall–Kier alpha value is -1.03. The van der Waals surface area contributed by atoms with Crippen molar-refractivity contribution < 1.29 is 0 Å². The van der Waals surface area contributed by atoms with Crippen molar-refractivity contribution in [1.82, 2.24) is 9.78 Å². The molecule has 0 aliphatic heterocycles. The lowest BCUT2D eigenvalue weighted by Crippen LogP contribution is -2.34.